The molecular weight excluding hydrogens is 491 g/mol. The second-order valence-corrected chi connectivity index (χ2v) is 8.43. The van der Waals surface area contributed by atoms with Crippen molar-refractivity contribution in [1.29, 1.82) is 0 Å². The molecule has 0 radical (unpaired) electrons. The molecule has 1 saturated heterocycles. The number of carbonyl (C=O) groups is 1. The smallest absolute Gasteiger partial charge is 0.433 e. The molecule has 2 atom stereocenters. The topological polar surface area (TPSA) is 114 Å². The maximum absolute atomic E-state index is 13.1. The highest BCUT2D eigenvalue weighted by atomic mass is 19.4. The van der Waals surface area contributed by atoms with Crippen LogP contribution in [0.15, 0.2) is 71.4 Å². The van der Waals surface area contributed by atoms with Crippen LogP contribution < -0.4 is 9.64 Å². The summed E-state index contributed by atoms with van der Waals surface area (Å²) in [6.45, 7) is 0.100. The first-order valence-corrected chi connectivity index (χ1v) is 11.3. The summed E-state index contributed by atoms with van der Waals surface area (Å²) in [4.78, 5) is 25.3. The van der Waals surface area contributed by atoms with Crippen molar-refractivity contribution in [3.8, 4) is 17.1 Å². The van der Waals surface area contributed by atoms with E-state index in [1.54, 1.807) is 24.3 Å². The molecule has 12 heteroatoms. The third-order valence-corrected chi connectivity index (χ3v) is 6.00. The number of carboxylic acid groups (broad SMARTS) is 1. The maximum atomic E-state index is 13.1. The number of aromatic nitrogens is 4. The predicted molar refractivity (Wildman–Crippen MR) is 124 cm³/mol. The molecule has 2 aromatic carbocycles. The number of alkyl halides is 3. The Morgan fingerprint density at radius 1 is 1.08 bits per heavy atom. The highest BCUT2D eigenvalue weighted by molar-refractivity contribution is 5.73. The first-order chi connectivity index (χ1) is 17.8. The fourth-order valence-electron chi connectivity index (χ4n) is 4.21. The van der Waals surface area contributed by atoms with Crippen molar-refractivity contribution in [1.82, 2.24) is 20.1 Å². The summed E-state index contributed by atoms with van der Waals surface area (Å²) in [5.74, 6) is -1.48. The van der Waals surface area contributed by atoms with Gasteiger partial charge in [0, 0.05) is 30.8 Å². The third kappa shape index (κ3) is 5.37. The van der Waals surface area contributed by atoms with Gasteiger partial charge in [0.15, 0.2) is 6.61 Å². The molecule has 1 aliphatic heterocycles. The number of halogens is 3. The molecular formula is C25H20F3N5O4. The predicted octanol–water partition coefficient (Wildman–Crippen LogP) is 4.43. The van der Waals surface area contributed by atoms with Crippen LogP contribution in [0.2, 0.25) is 0 Å². The Morgan fingerprint density at radius 3 is 2.65 bits per heavy atom. The third-order valence-electron chi connectivity index (χ3n) is 6.00. The summed E-state index contributed by atoms with van der Waals surface area (Å²) < 4.78 is 50.3. The number of nitrogens with zero attached hydrogens (tertiary/aromatic N) is 5. The summed E-state index contributed by atoms with van der Waals surface area (Å²) >= 11 is 0. The summed E-state index contributed by atoms with van der Waals surface area (Å²) in [6.07, 6.45) is -3.61. The highest BCUT2D eigenvalue weighted by Gasteiger charge is 2.41. The van der Waals surface area contributed by atoms with Crippen molar-refractivity contribution >= 4 is 11.9 Å². The van der Waals surface area contributed by atoms with Crippen molar-refractivity contribution in [2.45, 2.75) is 18.7 Å². The van der Waals surface area contributed by atoms with Gasteiger partial charge in [-0.05, 0) is 23.8 Å². The minimum Gasteiger partial charge on any atom is -0.484 e. The Balaban J connectivity index is 1.31. The molecule has 9 nitrogen and oxygen atoms in total. The van der Waals surface area contributed by atoms with E-state index < -0.39 is 29.7 Å². The van der Waals surface area contributed by atoms with Crippen molar-refractivity contribution < 1.29 is 32.3 Å². The Bertz CT molecular complexity index is 1400. The van der Waals surface area contributed by atoms with Crippen molar-refractivity contribution in [3.05, 3.63) is 84.0 Å². The van der Waals surface area contributed by atoms with Gasteiger partial charge in [-0.3, -0.25) is 4.79 Å². The number of aliphatic carboxylic acids is 1. The second kappa shape index (κ2) is 9.88. The van der Waals surface area contributed by atoms with E-state index >= 15 is 0 Å². The number of benzene rings is 2. The maximum Gasteiger partial charge on any atom is 0.433 e. The number of hydrogen-bond donors (Lipinski definition) is 1. The Morgan fingerprint density at radius 2 is 1.89 bits per heavy atom. The minimum absolute atomic E-state index is 0.000508. The molecule has 190 valence electrons. The van der Waals surface area contributed by atoms with Gasteiger partial charge in [-0.1, -0.05) is 47.6 Å². The standard InChI is InChI=1S/C25H20F3N5O4/c26-25(27,28)20-9-10-29-24(30-20)33-12-18(19(13-33)23(34)35)16-7-4-8-17(11-16)36-14-21-31-22(32-37-21)15-5-2-1-3-6-15/h1-11,18-19H,12-14H2,(H,34,35)/t18-,19?/m0/s1. The molecule has 2 aromatic heterocycles. The largest absolute Gasteiger partial charge is 0.484 e. The molecule has 37 heavy (non-hydrogen) atoms. The van der Waals surface area contributed by atoms with Gasteiger partial charge in [0.1, 0.15) is 11.4 Å². The zero-order valence-corrected chi connectivity index (χ0v) is 19.2. The molecule has 0 saturated carbocycles. The first-order valence-electron chi connectivity index (χ1n) is 11.3. The van der Waals surface area contributed by atoms with Crippen LogP contribution in [0.3, 0.4) is 0 Å². The summed E-state index contributed by atoms with van der Waals surface area (Å²) in [5.41, 5.74) is 0.379. The van der Waals surface area contributed by atoms with Crippen molar-refractivity contribution in [2.24, 2.45) is 5.92 Å². The van der Waals surface area contributed by atoms with Crippen LogP contribution in [-0.4, -0.2) is 44.3 Å². The minimum atomic E-state index is -4.63. The molecule has 3 heterocycles. The quantitative estimate of drug-likeness (QED) is 0.385. The number of carboxylic acids is 1. The molecule has 1 aliphatic rings. The first kappa shape index (κ1) is 24.2. The van der Waals surface area contributed by atoms with E-state index in [2.05, 4.69) is 20.1 Å². The van der Waals surface area contributed by atoms with E-state index in [1.807, 2.05) is 30.3 Å². The molecule has 5 rings (SSSR count). The van der Waals surface area contributed by atoms with E-state index in [0.29, 0.717) is 17.1 Å². The van der Waals surface area contributed by atoms with Crippen LogP contribution in [-0.2, 0) is 17.6 Å². The monoisotopic (exact) mass is 511 g/mol. The fourth-order valence-corrected chi connectivity index (χ4v) is 4.21. The van der Waals surface area contributed by atoms with Gasteiger partial charge >= 0.3 is 12.1 Å². The zero-order valence-electron chi connectivity index (χ0n) is 19.2. The van der Waals surface area contributed by atoms with E-state index in [4.69, 9.17) is 9.26 Å². The zero-order chi connectivity index (χ0) is 26.0. The molecule has 4 aromatic rings. The van der Waals surface area contributed by atoms with Gasteiger partial charge in [0.2, 0.25) is 11.8 Å². The van der Waals surface area contributed by atoms with Gasteiger partial charge < -0.3 is 19.3 Å². The van der Waals surface area contributed by atoms with Gasteiger partial charge in [-0.15, -0.1) is 0 Å². The molecule has 1 unspecified atom stereocenters. The lowest BCUT2D eigenvalue weighted by atomic mass is 9.89. The lowest BCUT2D eigenvalue weighted by Crippen LogP contribution is -2.25. The van der Waals surface area contributed by atoms with Crippen LogP contribution in [0.4, 0.5) is 19.1 Å². The van der Waals surface area contributed by atoms with Gasteiger partial charge in [0.25, 0.3) is 5.89 Å². The van der Waals surface area contributed by atoms with Crippen LogP contribution >= 0.6 is 0 Å². The van der Waals surface area contributed by atoms with Crippen LogP contribution in [0.5, 0.6) is 5.75 Å². The van der Waals surface area contributed by atoms with Gasteiger partial charge in [0.05, 0.1) is 5.92 Å². The molecule has 0 spiro atoms. The molecule has 1 fully saturated rings. The molecule has 1 N–H and O–H groups in total. The molecule has 0 amide bonds. The summed E-state index contributed by atoms with van der Waals surface area (Å²) in [7, 11) is 0. The van der Waals surface area contributed by atoms with Crippen LogP contribution in [0, 0.1) is 5.92 Å². The Hall–Kier alpha value is -4.48. The molecule has 0 bridgehead atoms. The lowest BCUT2D eigenvalue weighted by molar-refractivity contribution is -0.142. The highest BCUT2D eigenvalue weighted by Crippen LogP contribution is 2.37. The van der Waals surface area contributed by atoms with Crippen LogP contribution in [0.1, 0.15) is 23.1 Å². The van der Waals surface area contributed by atoms with Crippen molar-refractivity contribution in [3.63, 3.8) is 0 Å². The lowest BCUT2D eigenvalue weighted by Gasteiger charge is -2.17. The number of hydrogen-bond acceptors (Lipinski definition) is 8. The number of rotatable bonds is 7. The normalized spacial score (nSPS) is 17.6. The van der Waals surface area contributed by atoms with E-state index in [0.717, 1.165) is 17.8 Å². The van der Waals surface area contributed by atoms with Crippen LogP contribution in [0.25, 0.3) is 11.4 Å². The van der Waals surface area contributed by atoms with E-state index in [9.17, 15) is 23.1 Å². The summed E-state index contributed by atoms with van der Waals surface area (Å²) in [5, 5.41) is 13.8. The number of ether oxygens (including phenoxy) is 1. The van der Waals surface area contributed by atoms with Crippen molar-refractivity contribution in [2.75, 3.05) is 18.0 Å². The average Bonchev–Trinajstić information content (AvgIpc) is 3.56. The van der Waals surface area contributed by atoms with Gasteiger partial charge in [-0.25, -0.2) is 9.97 Å². The number of anilines is 1. The van der Waals surface area contributed by atoms with E-state index in [-0.39, 0.29) is 31.5 Å². The Labute approximate surface area is 208 Å². The SMILES string of the molecule is O=C(O)C1CN(c2nccc(C(F)(F)F)n2)C[C@H]1c1cccc(OCc2nc(-c3ccccc3)no2)c1. The second-order valence-electron chi connectivity index (χ2n) is 8.43. The molecule has 0 aliphatic carbocycles. The van der Waals surface area contributed by atoms with E-state index in [1.165, 1.54) is 4.90 Å². The average molecular weight is 511 g/mol. The summed E-state index contributed by atoms with van der Waals surface area (Å²) in [6, 6.07) is 17.0. The fraction of sp³-hybridized carbons (Fsp3) is 0.240. The Kier molecular flexibility index (Phi) is 6.47. The van der Waals surface area contributed by atoms with Gasteiger partial charge in [-0.2, -0.15) is 18.2 Å².